The molecule has 0 radical (unpaired) electrons. The lowest BCUT2D eigenvalue weighted by atomic mass is 10.2. The second-order valence-corrected chi connectivity index (χ2v) is 5.17. The van der Waals surface area contributed by atoms with E-state index in [4.69, 9.17) is 4.74 Å². The Balaban J connectivity index is 2.09. The molecule has 0 fully saturated rings. The summed E-state index contributed by atoms with van der Waals surface area (Å²) >= 11 is 4.76. The molecule has 2 aromatic rings. The van der Waals surface area contributed by atoms with Crippen LogP contribution < -0.4 is 10.1 Å². The van der Waals surface area contributed by atoms with Crippen LogP contribution in [-0.2, 0) is 6.61 Å². The Bertz CT molecular complexity index is 515. The van der Waals surface area contributed by atoms with Gasteiger partial charge in [-0.25, -0.2) is 0 Å². The van der Waals surface area contributed by atoms with Gasteiger partial charge < -0.3 is 10.1 Å². The largest absolute Gasteiger partial charge is 0.487 e. The number of benzene rings is 1. The number of anilines is 1. The van der Waals surface area contributed by atoms with E-state index in [1.165, 1.54) is 11.5 Å². The van der Waals surface area contributed by atoms with E-state index in [1.807, 2.05) is 32.2 Å². The summed E-state index contributed by atoms with van der Waals surface area (Å²) in [4.78, 5) is 0. The number of halogens is 1. The molecular formula is C11H12BrN3OS. The van der Waals surface area contributed by atoms with Crippen LogP contribution >= 0.6 is 27.5 Å². The first-order valence-electron chi connectivity index (χ1n) is 5.08. The van der Waals surface area contributed by atoms with Crippen LogP contribution in [0.25, 0.3) is 0 Å². The highest BCUT2D eigenvalue weighted by molar-refractivity contribution is 9.10. The third-order valence-corrected chi connectivity index (χ3v) is 3.58. The van der Waals surface area contributed by atoms with E-state index in [-0.39, 0.29) is 0 Å². The van der Waals surface area contributed by atoms with Crippen molar-refractivity contribution in [2.24, 2.45) is 0 Å². The summed E-state index contributed by atoms with van der Waals surface area (Å²) < 4.78 is 10.6. The predicted octanol–water partition coefficient (Wildman–Crippen LogP) is 3.23. The summed E-state index contributed by atoms with van der Waals surface area (Å²) in [6, 6.07) is 5.96. The van der Waals surface area contributed by atoms with Crippen molar-refractivity contribution in [2.75, 3.05) is 12.4 Å². The zero-order chi connectivity index (χ0) is 12.3. The maximum Gasteiger partial charge on any atom is 0.136 e. The van der Waals surface area contributed by atoms with Gasteiger partial charge in [-0.1, -0.05) is 26.5 Å². The van der Waals surface area contributed by atoms with Gasteiger partial charge >= 0.3 is 0 Å². The molecule has 2 rings (SSSR count). The van der Waals surface area contributed by atoms with Gasteiger partial charge in [0.1, 0.15) is 23.1 Å². The molecule has 0 saturated carbocycles. The first kappa shape index (κ1) is 12.3. The molecule has 0 aliphatic carbocycles. The summed E-state index contributed by atoms with van der Waals surface area (Å²) in [7, 11) is 1.85. The summed E-state index contributed by atoms with van der Waals surface area (Å²) in [6.07, 6.45) is 0. The average Bonchev–Trinajstić information content (AvgIpc) is 2.77. The first-order valence-corrected chi connectivity index (χ1v) is 6.65. The summed E-state index contributed by atoms with van der Waals surface area (Å²) in [5, 5.41) is 8.01. The number of hydrogen-bond donors (Lipinski definition) is 1. The van der Waals surface area contributed by atoms with Gasteiger partial charge in [-0.3, -0.25) is 0 Å². The van der Waals surface area contributed by atoms with Crippen molar-refractivity contribution < 1.29 is 4.74 Å². The number of aryl methyl sites for hydroxylation is 1. The monoisotopic (exact) mass is 313 g/mol. The van der Waals surface area contributed by atoms with E-state index < -0.39 is 0 Å². The highest BCUT2D eigenvalue weighted by Gasteiger charge is 2.08. The van der Waals surface area contributed by atoms with Gasteiger partial charge in [0.05, 0.1) is 0 Å². The molecule has 0 unspecified atom stereocenters. The lowest BCUT2D eigenvalue weighted by Gasteiger charge is -2.08. The number of hydrogen-bond acceptors (Lipinski definition) is 5. The van der Waals surface area contributed by atoms with Crippen LogP contribution in [0.3, 0.4) is 0 Å². The summed E-state index contributed by atoms with van der Waals surface area (Å²) in [5.41, 5.74) is 1.93. The fourth-order valence-corrected chi connectivity index (χ4v) is 2.23. The van der Waals surface area contributed by atoms with E-state index in [2.05, 4.69) is 30.8 Å². The fourth-order valence-electron chi connectivity index (χ4n) is 1.37. The maximum atomic E-state index is 5.74. The zero-order valence-electron chi connectivity index (χ0n) is 9.53. The lowest BCUT2D eigenvalue weighted by Crippen LogP contribution is -2.00. The van der Waals surface area contributed by atoms with Gasteiger partial charge in [-0.2, -0.15) is 0 Å². The van der Waals surface area contributed by atoms with Gasteiger partial charge in [0, 0.05) is 23.1 Å². The molecule has 0 amide bonds. The van der Waals surface area contributed by atoms with Crippen molar-refractivity contribution in [1.82, 2.24) is 9.59 Å². The smallest absolute Gasteiger partial charge is 0.136 e. The van der Waals surface area contributed by atoms with Crippen LogP contribution in [0, 0.1) is 6.92 Å². The molecule has 0 spiro atoms. The molecule has 0 atom stereocenters. The van der Waals surface area contributed by atoms with Crippen LogP contribution in [0.4, 0.5) is 5.00 Å². The number of nitrogens with zero attached hydrogens (tertiary/aromatic N) is 2. The van der Waals surface area contributed by atoms with Crippen molar-refractivity contribution in [2.45, 2.75) is 13.5 Å². The van der Waals surface area contributed by atoms with Crippen LogP contribution in [0.2, 0.25) is 0 Å². The Morgan fingerprint density at radius 3 is 3.06 bits per heavy atom. The number of rotatable bonds is 4. The van der Waals surface area contributed by atoms with Gasteiger partial charge in [0.15, 0.2) is 0 Å². The Kier molecular flexibility index (Phi) is 3.96. The van der Waals surface area contributed by atoms with E-state index in [9.17, 15) is 0 Å². The molecule has 6 heteroatoms. The summed E-state index contributed by atoms with van der Waals surface area (Å²) in [6.45, 7) is 2.43. The van der Waals surface area contributed by atoms with Crippen molar-refractivity contribution in [3.63, 3.8) is 0 Å². The molecule has 1 N–H and O–H groups in total. The third-order valence-electron chi connectivity index (χ3n) is 2.30. The molecule has 17 heavy (non-hydrogen) atoms. The molecule has 1 heterocycles. The number of ether oxygens (including phenoxy) is 1. The third kappa shape index (κ3) is 2.95. The minimum Gasteiger partial charge on any atom is -0.487 e. The van der Waals surface area contributed by atoms with Crippen molar-refractivity contribution >= 4 is 32.5 Å². The van der Waals surface area contributed by atoms with Crippen molar-refractivity contribution in [1.29, 1.82) is 0 Å². The molecule has 1 aromatic carbocycles. The second kappa shape index (κ2) is 5.46. The topological polar surface area (TPSA) is 47.0 Å². The molecule has 90 valence electrons. The summed E-state index contributed by atoms with van der Waals surface area (Å²) in [5.74, 6) is 0.856. The van der Waals surface area contributed by atoms with Crippen LogP contribution in [-0.4, -0.2) is 16.6 Å². The van der Waals surface area contributed by atoms with Gasteiger partial charge in [0.2, 0.25) is 0 Å². The van der Waals surface area contributed by atoms with E-state index in [1.54, 1.807) is 0 Å². The zero-order valence-corrected chi connectivity index (χ0v) is 11.9. The minimum atomic E-state index is 0.421. The Morgan fingerprint density at radius 2 is 2.29 bits per heavy atom. The normalized spacial score (nSPS) is 10.3. The Morgan fingerprint density at radius 1 is 1.47 bits per heavy atom. The van der Waals surface area contributed by atoms with Crippen molar-refractivity contribution in [3.05, 3.63) is 33.9 Å². The standard InChI is InChI=1S/C11H12BrN3OS/c1-7-3-4-8(12)5-10(7)16-6-9-11(13-2)17-15-14-9/h3-5,13H,6H2,1-2H3. The number of aromatic nitrogens is 2. The van der Waals surface area contributed by atoms with Crippen molar-refractivity contribution in [3.8, 4) is 5.75 Å². The van der Waals surface area contributed by atoms with Gasteiger partial charge in [-0.15, -0.1) is 5.10 Å². The fraction of sp³-hybridized carbons (Fsp3) is 0.273. The molecule has 4 nitrogen and oxygen atoms in total. The highest BCUT2D eigenvalue weighted by atomic mass is 79.9. The SMILES string of the molecule is CNc1snnc1COc1cc(Br)ccc1C. The minimum absolute atomic E-state index is 0.421. The highest BCUT2D eigenvalue weighted by Crippen LogP contribution is 2.25. The molecule has 1 aromatic heterocycles. The molecule has 0 aliphatic heterocycles. The second-order valence-electron chi connectivity index (χ2n) is 3.50. The van der Waals surface area contributed by atoms with E-state index >= 15 is 0 Å². The predicted molar refractivity (Wildman–Crippen MR) is 72.7 cm³/mol. The molecule has 0 bridgehead atoms. The lowest BCUT2D eigenvalue weighted by molar-refractivity contribution is 0.299. The Hall–Kier alpha value is -1.14. The average molecular weight is 314 g/mol. The molecule has 0 aliphatic rings. The van der Waals surface area contributed by atoms with Gasteiger partial charge in [-0.05, 0) is 24.6 Å². The Labute approximate surface area is 112 Å². The van der Waals surface area contributed by atoms with E-state index in [0.29, 0.717) is 6.61 Å². The quantitative estimate of drug-likeness (QED) is 0.941. The van der Waals surface area contributed by atoms with Crippen LogP contribution in [0.1, 0.15) is 11.3 Å². The first-order chi connectivity index (χ1) is 8.20. The number of nitrogens with one attached hydrogen (secondary N) is 1. The van der Waals surface area contributed by atoms with Crippen LogP contribution in [0.5, 0.6) is 5.75 Å². The van der Waals surface area contributed by atoms with Crippen LogP contribution in [0.15, 0.2) is 22.7 Å². The maximum absolute atomic E-state index is 5.74. The molecular weight excluding hydrogens is 302 g/mol. The van der Waals surface area contributed by atoms with E-state index in [0.717, 1.165) is 26.5 Å². The molecule has 0 saturated heterocycles. The van der Waals surface area contributed by atoms with Gasteiger partial charge in [0.25, 0.3) is 0 Å².